The van der Waals surface area contributed by atoms with Crippen LogP contribution in [0.25, 0.3) is 6.08 Å². The van der Waals surface area contributed by atoms with Crippen molar-refractivity contribution < 1.29 is 23.8 Å². The third-order valence-electron chi connectivity index (χ3n) is 5.00. The van der Waals surface area contributed by atoms with E-state index in [0.717, 1.165) is 5.56 Å². The Kier molecular flexibility index (Phi) is 9.92. The zero-order valence-corrected chi connectivity index (χ0v) is 22.8. The van der Waals surface area contributed by atoms with Gasteiger partial charge in [0.1, 0.15) is 17.4 Å². The molecule has 2 amide bonds. The number of nitrogens with one attached hydrogen (secondary N) is 2. The van der Waals surface area contributed by atoms with Crippen molar-refractivity contribution in [2.75, 3.05) is 31.0 Å². The highest BCUT2D eigenvalue weighted by atomic mass is 127. The predicted octanol–water partition coefficient (Wildman–Crippen LogP) is 5.57. The standard InChI is InChI=1S/C28H26IN3O5/c1-4-36-23-10-8-21(9-11-23)32-28(34)20(16-30)13-19-14-24(29)27(25(15-19)35-3)37-17-26(33)31-22-7-5-6-18(2)12-22/h5-15H,4,17H2,1-3H3,(H,31,33)(H,32,34)/b20-13+. The second kappa shape index (κ2) is 13.3. The van der Waals surface area contributed by atoms with Crippen LogP contribution in [-0.4, -0.2) is 32.1 Å². The van der Waals surface area contributed by atoms with Crippen molar-refractivity contribution in [2.24, 2.45) is 0 Å². The van der Waals surface area contributed by atoms with Gasteiger partial charge in [0.25, 0.3) is 11.8 Å². The van der Waals surface area contributed by atoms with E-state index < -0.39 is 5.91 Å². The minimum Gasteiger partial charge on any atom is -0.494 e. The van der Waals surface area contributed by atoms with Gasteiger partial charge in [-0.05, 0) is 102 Å². The first kappa shape index (κ1) is 27.5. The van der Waals surface area contributed by atoms with Gasteiger partial charge in [-0.3, -0.25) is 9.59 Å². The van der Waals surface area contributed by atoms with Crippen molar-refractivity contribution in [3.63, 3.8) is 0 Å². The Hall–Kier alpha value is -4.04. The average molecular weight is 611 g/mol. The van der Waals surface area contributed by atoms with Gasteiger partial charge in [0.2, 0.25) is 0 Å². The van der Waals surface area contributed by atoms with Crippen molar-refractivity contribution in [1.82, 2.24) is 0 Å². The first-order chi connectivity index (χ1) is 17.8. The number of rotatable bonds is 10. The van der Waals surface area contributed by atoms with E-state index in [-0.39, 0.29) is 18.1 Å². The molecule has 37 heavy (non-hydrogen) atoms. The molecule has 0 heterocycles. The first-order valence-corrected chi connectivity index (χ1v) is 12.4. The van der Waals surface area contributed by atoms with E-state index in [2.05, 4.69) is 33.2 Å². The number of hydrogen-bond donors (Lipinski definition) is 2. The Bertz CT molecular complexity index is 1350. The molecule has 0 spiro atoms. The van der Waals surface area contributed by atoms with Gasteiger partial charge in [-0.1, -0.05) is 12.1 Å². The predicted molar refractivity (Wildman–Crippen MR) is 151 cm³/mol. The number of hydrogen-bond acceptors (Lipinski definition) is 6. The van der Waals surface area contributed by atoms with Gasteiger partial charge in [-0.15, -0.1) is 0 Å². The van der Waals surface area contributed by atoms with Gasteiger partial charge in [-0.25, -0.2) is 0 Å². The number of benzene rings is 3. The van der Waals surface area contributed by atoms with Crippen molar-refractivity contribution in [3.8, 4) is 23.3 Å². The van der Waals surface area contributed by atoms with E-state index in [1.807, 2.05) is 38.1 Å². The molecule has 0 aliphatic rings. The lowest BCUT2D eigenvalue weighted by Gasteiger charge is -2.14. The number of carbonyl (C=O) groups is 2. The molecule has 0 atom stereocenters. The molecule has 0 saturated heterocycles. The number of ether oxygens (including phenoxy) is 3. The molecular weight excluding hydrogens is 585 g/mol. The van der Waals surface area contributed by atoms with E-state index in [9.17, 15) is 14.9 Å². The van der Waals surface area contributed by atoms with Crippen molar-refractivity contribution in [3.05, 3.63) is 80.9 Å². The molecule has 3 aromatic rings. The van der Waals surface area contributed by atoms with E-state index in [1.54, 1.807) is 42.5 Å². The SMILES string of the molecule is CCOc1ccc(NC(=O)/C(C#N)=C/c2cc(I)c(OCC(=O)Nc3cccc(C)c3)c(OC)c2)cc1. The highest BCUT2D eigenvalue weighted by Gasteiger charge is 2.15. The van der Waals surface area contributed by atoms with Crippen LogP contribution in [0.15, 0.2) is 66.2 Å². The second-order valence-corrected chi connectivity index (χ2v) is 8.98. The molecule has 0 radical (unpaired) electrons. The fourth-order valence-corrected chi connectivity index (χ4v) is 4.12. The number of anilines is 2. The molecular formula is C28H26IN3O5. The van der Waals surface area contributed by atoms with Crippen LogP contribution in [0.5, 0.6) is 17.2 Å². The van der Waals surface area contributed by atoms with Crippen LogP contribution in [0.2, 0.25) is 0 Å². The minimum atomic E-state index is -0.547. The summed E-state index contributed by atoms with van der Waals surface area (Å²) in [6.07, 6.45) is 1.46. The maximum atomic E-state index is 12.7. The van der Waals surface area contributed by atoms with Crippen LogP contribution in [-0.2, 0) is 9.59 Å². The highest BCUT2D eigenvalue weighted by Crippen LogP contribution is 2.34. The normalized spacial score (nSPS) is 10.7. The molecule has 9 heteroatoms. The zero-order valence-electron chi connectivity index (χ0n) is 20.6. The molecule has 0 aromatic heterocycles. The number of nitriles is 1. The van der Waals surface area contributed by atoms with E-state index >= 15 is 0 Å². The van der Waals surface area contributed by atoms with Crippen LogP contribution in [0, 0.1) is 21.8 Å². The summed E-state index contributed by atoms with van der Waals surface area (Å²) < 4.78 is 17.2. The van der Waals surface area contributed by atoms with Gasteiger partial charge >= 0.3 is 0 Å². The summed E-state index contributed by atoms with van der Waals surface area (Å²) >= 11 is 2.05. The molecule has 3 rings (SSSR count). The number of methoxy groups -OCH3 is 1. The van der Waals surface area contributed by atoms with Crippen molar-refractivity contribution >= 4 is 51.9 Å². The molecule has 0 saturated carbocycles. The summed E-state index contributed by atoms with van der Waals surface area (Å²) in [6, 6.07) is 19.6. The lowest BCUT2D eigenvalue weighted by molar-refractivity contribution is -0.118. The summed E-state index contributed by atoms with van der Waals surface area (Å²) in [5, 5.41) is 15.1. The smallest absolute Gasteiger partial charge is 0.266 e. The van der Waals surface area contributed by atoms with Gasteiger partial charge in [-0.2, -0.15) is 5.26 Å². The fourth-order valence-electron chi connectivity index (χ4n) is 3.34. The molecule has 0 fully saturated rings. The molecule has 0 aliphatic carbocycles. The number of nitrogens with zero attached hydrogens (tertiary/aromatic N) is 1. The van der Waals surface area contributed by atoms with E-state index in [1.165, 1.54) is 13.2 Å². The summed E-state index contributed by atoms with van der Waals surface area (Å²) in [6.45, 7) is 4.15. The Morgan fingerprint density at radius 2 is 1.78 bits per heavy atom. The third-order valence-corrected chi connectivity index (χ3v) is 5.80. The molecule has 190 valence electrons. The van der Waals surface area contributed by atoms with Crippen LogP contribution in [0.3, 0.4) is 0 Å². The van der Waals surface area contributed by atoms with Gasteiger partial charge < -0.3 is 24.8 Å². The summed E-state index contributed by atoms with van der Waals surface area (Å²) in [7, 11) is 1.47. The third kappa shape index (κ3) is 7.98. The lowest BCUT2D eigenvalue weighted by atomic mass is 10.1. The van der Waals surface area contributed by atoms with Gasteiger partial charge in [0.05, 0.1) is 17.3 Å². The Labute approximate surface area is 229 Å². The maximum absolute atomic E-state index is 12.7. The average Bonchev–Trinajstić information content (AvgIpc) is 2.87. The number of carbonyl (C=O) groups excluding carboxylic acids is 2. The molecule has 0 aliphatic heterocycles. The van der Waals surface area contributed by atoms with Crippen LogP contribution in [0.1, 0.15) is 18.1 Å². The number of halogens is 1. The molecule has 3 aromatic carbocycles. The molecule has 0 bridgehead atoms. The molecule has 2 N–H and O–H groups in total. The highest BCUT2D eigenvalue weighted by molar-refractivity contribution is 14.1. The number of amides is 2. The fraction of sp³-hybridized carbons (Fsp3) is 0.179. The quantitative estimate of drug-likeness (QED) is 0.176. The van der Waals surface area contributed by atoms with Crippen molar-refractivity contribution in [1.29, 1.82) is 5.26 Å². The first-order valence-electron chi connectivity index (χ1n) is 11.4. The topological polar surface area (TPSA) is 110 Å². The Balaban J connectivity index is 1.71. The zero-order chi connectivity index (χ0) is 26.8. The molecule has 8 nitrogen and oxygen atoms in total. The van der Waals surface area contributed by atoms with E-state index in [4.69, 9.17) is 14.2 Å². The van der Waals surface area contributed by atoms with Crippen LogP contribution >= 0.6 is 22.6 Å². The largest absolute Gasteiger partial charge is 0.494 e. The summed E-state index contributed by atoms with van der Waals surface area (Å²) in [5.41, 5.74) is 2.73. The van der Waals surface area contributed by atoms with Crippen molar-refractivity contribution in [2.45, 2.75) is 13.8 Å². The summed E-state index contributed by atoms with van der Waals surface area (Å²) in [4.78, 5) is 25.0. The van der Waals surface area contributed by atoms with Gasteiger partial charge in [0, 0.05) is 11.4 Å². The maximum Gasteiger partial charge on any atom is 0.266 e. The second-order valence-electron chi connectivity index (χ2n) is 7.82. The van der Waals surface area contributed by atoms with Crippen LogP contribution in [0.4, 0.5) is 11.4 Å². The minimum absolute atomic E-state index is 0.0852. The van der Waals surface area contributed by atoms with E-state index in [0.29, 0.717) is 44.4 Å². The summed E-state index contributed by atoms with van der Waals surface area (Å²) in [5.74, 6) is 0.579. The lowest BCUT2D eigenvalue weighted by Crippen LogP contribution is -2.20. The monoisotopic (exact) mass is 611 g/mol. The van der Waals surface area contributed by atoms with Crippen LogP contribution < -0.4 is 24.8 Å². The van der Waals surface area contributed by atoms with Gasteiger partial charge in [0.15, 0.2) is 18.1 Å². The Morgan fingerprint density at radius 3 is 2.43 bits per heavy atom. The molecule has 0 unspecified atom stereocenters. The number of aryl methyl sites for hydroxylation is 1. The Morgan fingerprint density at radius 1 is 1.03 bits per heavy atom.